The fraction of sp³-hybridized carbons (Fsp3) is 0.917. The van der Waals surface area contributed by atoms with Gasteiger partial charge in [-0.2, -0.15) is 11.8 Å². The molecule has 0 bridgehead atoms. The molecule has 0 aromatic rings. The number of amides is 1. The summed E-state index contributed by atoms with van der Waals surface area (Å²) in [5, 5.41) is 4.24. The molecule has 1 saturated carbocycles. The maximum Gasteiger partial charge on any atom is 0.237 e. The highest BCUT2D eigenvalue weighted by Gasteiger charge is 2.44. The number of carbonyl (C=O) groups is 1. The number of thioether (sulfide) groups is 1. The van der Waals surface area contributed by atoms with Gasteiger partial charge in [0, 0.05) is 17.1 Å². The Morgan fingerprint density at radius 2 is 2.29 bits per heavy atom. The second-order valence-electron chi connectivity index (χ2n) is 5.10. The summed E-state index contributed by atoms with van der Waals surface area (Å²) in [5.41, 5.74) is 5.03. The lowest BCUT2D eigenvalue weighted by molar-refractivity contribution is -0.124. The first-order chi connectivity index (χ1) is 8.07. The van der Waals surface area contributed by atoms with Crippen molar-refractivity contribution in [2.45, 2.75) is 54.7 Å². The van der Waals surface area contributed by atoms with Crippen LogP contribution in [0.4, 0.5) is 0 Å². The first-order valence-electron chi connectivity index (χ1n) is 6.33. The highest BCUT2D eigenvalue weighted by Crippen LogP contribution is 2.41. The van der Waals surface area contributed by atoms with E-state index < -0.39 is 5.54 Å². The maximum atomic E-state index is 11.5. The van der Waals surface area contributed by atoms with Gasteiger partial charge < -0.3 is 15.8 Å². The van der Waals surface area contributed by atoms with Crippen LogP contribution in [0.1, 0.15) is 32.6 Å². The Hall–Kier alpha value is -0.260. The lowest BCUT2D eigenvalue weighted by atomic mass is 9.97. The normalized spacial score (nSPS) is 41.9. The first kappa shape index (κ1) is 13.2. The van der Waals surface area contributed by atoms with Crippen molar-refractivity contribution in [2.24, 2.45) is 5.73 Å². The van der Waals surface area contributed by atoms with E-state index in [4.69, 9.17) is 10.5 Å². The van der Waals surface area contributed by atoms with Crippen molar-refractivity contribution in [2.75, 3.05) is 13.7 Å². The number of hydrogen-bond donors (Lipinski definition) is 2. The summed E-state index contributed by atoms with van der Waals surface area (Å²) in [4.78, 5) is 11.5. The van der Waals surface area contributed by atoms with E-state index in [0.29, 0.717) is 16.6 Å². The summed E-state index contributed by atoms with van der Waals surface area (Å²) in [6.45, 7) is 3.01. The van der Waals surface area contributed by atoms with Crippen LogP contribution in [0.3, 0.4) is 0 Å². The Morgan fingerprint density at radius 1 is 1.53 bits per heavy atom. The molecule has 0 aromatic carbocycles. The standard InChI is InChI=1S/C12H22N2O2S/c1-8-10(4-6-16-8)17-9-3-5-12(7-9,14-2)11(13)15/h8-10,14H,3-7H2,1-2H3,(H2,13,15). The maximum absolute atomic E-state index is 11.5. The molecule has 1 aliphatic carbocycles. The predicted molar refractivity (Wildman–Crippen MR) is 70.0 cm³/mol. The SMILES string of the molecule is CNC1(C(N)=O)CCC(SC2CCOC2C)C1. The van der Waals surface area contributed by atoms with E-state index in [9.17, 15) is 4.79 Å². The van der Waals surface area contributed by atoms with Gasteiger partial charge in [0.15, 0.2) is 0 Å². The molecule has 3 N–H and O–H groups in total. The highest BCUT2D eigenvalue weighted by atomic mass is 32.2. The second-order valence-corrected chi connectivity index (χ2v) is 6.64. The zero-order valence-electron chi connectivity index (χ0n) is 10.6. The minimum absolute atomic E-state index is 0.209. The molecule has 1 heterocycles. The summed E-state index contributed by atoms with van der Waals surface area (Å²) in [5.74, 6) is -0.209. The predicted octanol–water partition coefficient (Wildman–Crippen LogP) is 0.893. The molecule has 1 aliphatic heterocycles. The summed E-state index contributed by atoms with van der Waals surface area (Å²) in [6, 6.07) is 0. The number of nitrogens with one attached hydrogen (secondary N) is 1. The van der Waals surface area contributed by atoms with Gasteiger partial charge in [-0.15, -0.1) is 0 Å². The molecule has 2 fully saturated rings. The van der Waals surface area contributed by atoms with E-state index in [0.717, 1.165) is 32.3 Å². The molecular weight excluding hydrogens is 236 g/mol. The fourth-order valence-electron chi connectivity index (χ4n) is 2.83. The van der Waals surface area contributed by atoms with E-state index in [2.05, 4.69) is 12.2 Å². The molecule has 2 aliphatic rings. The fourth-order valence-corrected chi connectivity index (χ4v) is 4.49. The summed E-state index contributed by atoms with van der Waals surface area (Å²) < 4.78 is 5.57. The minimum atomic E-state index is -0.472. The molecule has 5 heteroatoms. The number of hydrogen-bond acceptors (Lipinski definition) is 4. The zero-order valence-corrected chi connectivity index (χ0v) is 11.4. The number of carbonyl (C=O) groups excluding carboxylic acids is 1. The quantitative estimate of drug-likeness (QED) is 0.786. The van der Waals surface area contributed by atoms with E-state index in [1.165, 1.54) is 0 Å². The average molecular weight is 258 g/mol. The van der Waals surface area contributed by atoms with Gasteiger partial charge >= 0.3 is 0 Å². The second kappa shape index (κ2) is 5.16. The third kappa shape index (κ3) is 2.61. The van der Waals surface area contributed by atoms with Crippen molar-refractivity contribution in [1.82, 2.24) is 5.32 Å². The van der Waals surface area contributed by atoms with Crippen LogP contribution in [-0.4, -0.2) is 41.7 Å². The van der Waals surface area contributed by atoms with Gasteiger partial charge in [-0.25, -0.2) is 0 Å². The number of primary amides is 1. The van der Waals surface area contributed by atoms with Crippen LogP contribution in [0, 0.1) is 0 Å². The van der Waals surface area contributed by atoms with Crippen LogP contribution >= 0.6 is 11.8 Å². The van der Waals surface area contributed by atoms with E-state index in [-0.39, 0.29) is 5.91 Å². The molecule has 2 rings (SSSR count). The lowest BCUT2D eigenvalue weighted by Gasteiger charge is -2.25. The van der Waals surface area contributed by atoms with Crippen LogP contribution in [0.2, 0.25) is 0 Å². The third-order valence-corrected chi connectivity index (χ3v) is 5.85. The van der Waals surface area contributed by atoms with Crippen molar-refractivity contribution in [3.05, 3.63) is 0 Å². The van der Waals surface area contributed by atoms with E-state index >= 15 is 0 Å². The van der Waals surface area contributed by atoms with Crippen molar-refractivity contribution < 1.29 is 9.53 Å². The zero-order chi connectivity index (χ0) is 12.5. The van der Waals surface area contributed by atoms with Crippen molar-refractivity contribution in [3.63, 3.8) is 0 Å². The summed E-state index contributed by atoms with van der Waals surface area (Å²) >= 11 is 1.99. The Bertz CT molecular complexity index is 300. The molecular formula is C12H22N2O2S. The monoisotopic (exact) mass is 258 g/mol. The summed E-state index contributed by atoms with van der Waals surface area (Å²) in [6.07, 6.45) is 4.26. The Labute approximate surface area is 107 Å². The summed E-state index contributed by atoms with van der Waals surface area (Å²) in [7, 11) is 1.83. The van der Waals surface area contributed by atoms with Crippen molar-refractivity contribution >= 4 is 17.7 Å². The third-order valence-electron chi connectivity index (χ3n) is 4.09. The topological polar surface area (TPSA) is 64.3 Å². The van der Waals surface area contributed by atoms with Crippen molar-refractivity contribution in [3.8, 4) is 0 Å². The Balaban J connectivity index is 1.91. The molecule has 0 radical (unpaired) electrons. The van der Waals surface area contributed by atoms with Gasteiger partial charge in [0.25, 0.3) is 0 Å². The smallest absolute Gasteiger partial charge is 0.237 e. The number of nitrogens with two attached hydrogens (primary N) is 1. The molecule has 0 aromatic heterocycles. The first-order valence-corrected chi connectivity index (χ1v) is 7.27. The van der Waals surface area contributed by atoms with Gasteiger partial charge in [-0.05, 0) is 39.7 Å². The van der Waals surface area contributed by atoms with Crippen LogP contribution in [0.25, 0.3) is 0 Å². The molecule has 4 atom stereocenters. The van der Waals surface area contributed by atoms with Crippen LogP contribution in [0.5, 0.6) is 0 Å². The minimum Gasteiger partial charge on any atom is -0.377 e. The molecule has 1 saturated heterocycles. The number of likely N-dealkylation sites (N-methyl/N-ethyl adjacent to an activating group) is 1. The molecule has 4 unspecified atom stereocenters. The number of ether oxygens (including phenoxy) is 1. The van der Waals surface area contributed by atoms with E-state index in [1.807, 2.05) is 18.8 Å². The largest absolute Gasteiger partial charge is 0.377 e. The molecule has 17 heavy (non-hydrogen) atoms. The number of rotatable bonds is 4. The van der Waals surface area contributed by atoms with Gasteiger partial charge in [0.1, 0.15) is 0 Å². The van der Waals surface area contributed by atoms with Gasteiger partial charge in [-0.3, -0.25) is 4.79 Å². The van der Waals surface area contributed by atoms with Gasteiger partial charge in [0.05, 0.1) is 11.6 Å². The van der Waals surface area contributed by atoms with Crippen LogP contribution < -0.4 is 11.1 Å². The average Bonchev–Trinajstić information content (AvgIpc) is 2.88. The van der Waals surface area contributed by atoms with Gasteiger partial charge in [-0.1, -0.05) is 0 Å². The molecule has 4 nitrogen and oxygen atoms in total. The molecule has 1 amide bonds. The van der Waals surface area contributed by atoms with Crippen LogP contribution in [0.15, 0.2) is 0 Å². The molecule has 98 valence electrons. The van der Waals surface area contributed by atoms with Crippen molar-refractivity contribution in [1.29, 1.82) is 0 Å². The van der Waals surface area contributed by atoms with E-state index in [1.54, 1.807) is 0 Å². The van der Waals surface area contributed by atoms with Gasteiger partial charge in [0.2, 0.25) is 5.91 Å². The Morgan fingerprint density at radius 3 is 2.76 bits per heavy atom. The van der Waals surface area contributed by atoms with Crippen LogP contribution in [-0.2, 0) is 9.53 Å². The Kier molecular flexibility index (Phi) is 4.00. The lowest BCUT2D eigenvalue weighted by Crippen LogP contribution is -2.52. The molecule has 0 spiro atoms. The highest BCUT2D eigenvalue weighted by molar-refractivity contribution is 8.00.